The highest BCUT2D eigenvalue weighted by Crippen LogP contribution is 2.33. The fraction of sp³-hybridized carbons (Fsp3) is 0.455. The summed E-state index contributed by atoms with van der Waals surface area (Å²) in [7, 11) is 0. The molecule has 4 rings (SSSR count). The number of amides is 2. The van der Waals surface area contributed by atoms with E-state index in [1.165, 1.54) is 31.0 Å². The fourth-order valence-electron chi connectivity index (χ4n) is 4.24. The van der Waals surface area contributed by atoms with Crippen molar-refractivity contribution in [2.24, 2.45) is 0 Å². The Hall–Kier alpha value is -3.01. The van der Waals surface area contributed by atoms with Crippen molar-refractivity contribution in [2.45, 2.75) is 56.1 Å². The van der Waals surface area contributed by atoms with Gasteiger partial charge in [-0.3, -0.25) is 0 Å². The Balaban J connectivity index is 1.60. The van der Waals surface area contributed by atoms with Crippen LogP contribution >= 0.6 is 11.8 Å². The van der Waals surface area contributed by atoms with Gasteiger partial charge < -0.3 is 21.2 Å². The van der Waals surface area contributed by atoms with Crippen LogP contribution < -0.4 is 16.5 Å². The molecule has 1 fully saturated rings. The van der Waals surface area contributed by atoms with Crippen LogP contribution in [-0.2, 0) is 9.53 Å². The Morgan fingerprint density at radius 1 is 1.22 bits per heavy atom. The number of nitrogens with one attached hydrogen (secondary N) is 2. The zero-order valence-electron chi connectivity index (χ0n) is 18.0. The lowest BCUT2D eigenvalue weighted by atomic mass is 9.89. The number of nitrogen functional groups attached to an aromatic ring is 1. The number of rotatable bonds is 7. The smallest absolute Gasteiger partial charge is 0.338 e. The lowest BCUT2D eigenvalue weighted by molar-refractivity contribution is -0.139. The molecule has 0 unspecified atom stereocenters. The van der Waals surface area contributed by atoms with Gasteiger partial charge in [-0.15, -0.1) is 10.2 Å². The third kappa shape index (κ3) is 4.74. The molecule has 4 N–H and O–H groups in total. The van der Waals surface area contributed by atoms with Crippen molar-refractivity contribution in [3.8, 4) is 0 Å². The summed E-state index contributed by atoms with van der Waals surface area (Å²) in [5.41, 5.74) is 1.66. The van der Waals surface area contributed by atoms with E-state index >= 15 is 0 Å². The van der Waals surface area contributed by atoms with Gasteiger partial charge in [0, 0.05) is 17.4 Å². The predicted octanol–water partition coefficient (Wildman–Crippen LogP) is 3.00. The van der Waals surface area contributed by atoms with Crippen LogP contribution in [0.4, 0.5) is 4.79 Å². The Morgan fingerprint density at radius 2 is 1.97 bits per heavy atom. The summed E-state index contributed by atoms with van der Waals surface area (Å²) in [5, 5.41) is 14.7. The third-order valence-electron chi connectivity index (χ3n) is 5.79. The lowest BCUT2D eigenvalue weighted by Gasteiger charge is -2.29. The maximum absolute atomic E-state index is 12.8. The molecule has 2 amide bonds. The van der Waals surface area contributed by atoms with Crippen molar-refractivity contribution in [3.05, 3.63) is 53.0 Å². The molecule has 0 spiro atoms. The van der Waals surface area contributed by atoms with Gasteiger partial charge in [-0.2, -0.15) is 0 Å². The van der Waals surface area contributed by atoms with E-state index in [-0.39, 0.29) is 12.6 Å². The minimum atomic E-state index is -0.604. The van der Waals surface area contributed by atoms with Gasteiger partial charge >= 0.3 is 12.0 Å². The molecule has 32 heavy (non-hydrogen) atoms. The molecular formula is C22H28N6O3S. The summed E-state index contributed by atoms with van der Waals surface area (Å²) in [5.74, 6) is 7.25. The van der Waals surface area contributed by atoms with Crippen molar-refractivity contribution >= 4 is 23.8 Å². The molecule has 0 saturated heterocycles. The molecule has 0 bridgehead atoms. The normalized spacial score (nSPS) is 19.4. The Morgan fingerprint density at radius 3 is 2.69 bits per heavy atom. The van der Waals surface area contributed by atoms with Gasteiger partial charge in [0.25, 0.3) is 0 Å². The Kier molecular flexibility index (Phi) is 6.99. The topological polar surface area (TPSA) is 124 Å². The van der Waals surface area contributed by atoms with Crippen molar-refractivity contribution in [2.75, 3.05) is 18.2 Å². The number of hydrogen-bond donors (Lipinski definition) is 3. The SMILES string of the molecule is CCOC(=O)C1=C(CSc2nnc(C3CCCCC3)n2N)NC(=O)N[C@@H]1c1ccccc1. The van der Waals surface area contributed by atoms with E-state index < -0.39 is 12.0 Å². The zero-order valence-corrected chi connectivity index (χ0v) is 18.9. The second-order valence-electron chi connectivity index (χ2n) is 7.89. The number of aromatic nitrogens is 3. The number of benzene rings is 1. The van der Waals surface area contributed by atoms with Gasteiger partial charge in [0.05, 0.1) is 18.2 Å². The maximum atomic E-state index is 12.8. The molecule has 1 aliphatic heterocycles. The summed E-state index contributed by atoms with van der Waals surface area (Å²) in [6, 6.07) is 8.37. The number of thioether (sulfide) groups is 1. The van der Waals surface area contributed by atoms with Crippen molar-refractivity contribution in [1.82, 2.24) is 25.5 Å². The van der Waals surface area contributed by atoms with Crippen molar-refractivity contribution in [1.29, 1.82) is 0 Å². The van der Waals surface area contributed by atoms with E-state index in [0.29, 0.717) is 28.1 Å². The van der Waals surface area contributed by atoms with Crippen LogP contribution in [0.25, 0.3) is 0 Å². The maximum Gasteiger partial charge on any atom is 0.338 e. The first kappa shape index (κ1) is 22.2. The van der Waals surface area contributed by atoms with Crippen LogP contribution in [0.2, 0.25) is 0 Å². The summed E-state index contributed by atoms with van der Waals surface area (Å²) >= 11 is 1.33. The predicted molar refractivity (Wildman–Crippen MR) is 121 cm³/mol. The second-order valence-corrected chi connectivity index (χ2v) is 8.83. The van der Waals surface area contributed by atoms with Crippen LogP contribution in [0.3, 0.4) is 0 Å². The highest BCUT2D eigenvalue weighted by atomic mass is 32.2. The number of esters is 1. The van der Waals surface area contributed by atoms with Gasteiger partial charge in [0.2, 0.25) is 5.16 Å². The largest absolute Gasteiger partial charge is 0.463 e. The number of nitrogens with two attached hydrogens (primary N) is 1. The standard InChI is InChI=1S/C22H28N6O3S/c1-2-31-20(29)17-16(24-21(30)25-18(17)14-9-5-3-6-10-14)13-32-22-27-26-19(28(22)23)15-11-7-4-8-12-15/h3,5-6,9-10,15,18H,2,4,7-8,11-13,23H2,1H3,(H2,24,25,30)/t18-/m1/s1. The van der Waals surface area contributed by atoms with Gasteiger partial charge in [0.1, 0.15) is 0 Å². The molecule has 10 heteroatoms. The van der Waals surface area contributed by atoms with E-state index in [2.05, 4.69) is 20.8 Å². The number of urea groups is 1. The van der Waals surface area contributed by atoms with Crippen LogP contribution in [0, 0.1) is 0 Å². The van der Waals surface area contributed by atoms with Gasteiger partial charge in [-0.1, -0.05) is 61.4 Å². The molecule has 0 radical (unpaired) electrons. The zero-order chi connectivity index (χ0) is 22.5. The summed E-state index contributed by atoms with van der Waals surface area (Å²) in [4.78, 5) is 25.2. The first-order valence-corrected chi connectivity index (χ1v) is 11.9. The molecule has 1 aliphatic carbocycles. The number of hydrogen-bond acceptors (Lipinski definition) is 7. The Bertz CT molecular complexity index is 1000. The molecule has 170 valence electrons. The fourth-order valence-corrected chi connectivity index (χ4v) is 5.07. The number of nitrogens with zero attached hydrogens (tertiary/aromatic N) is 3. The van der Waals surface area contributed by atoms with Crippen LogP contribution in [0.5, 0.6) is 0 Å². The molecule has 1 atom stereocenters. The van der Waals surface area contributed by atoms with Gasteiger partial charge in [-0.05, 0) is 25.3 Å². The molecule has 2 aliphatic rings. The molecule has 2 heterocycles. The van der Waals surface area contributed by atoms with Crippen molar-refractivity contribution < 1.29 is 14.3 Å². The van der Waals surface area contributed by atoms with E-state index in [0.717, 1.165) is 24.2 Å². The van der Waals surface area contributed by atoms with Crippen molar-refractivity contribution in [3.63, 3.8) is 0 Å². The molecule has 1 aromatic heterocycles. The number of ether oxygens (including phenoxy) is 1. The van der Waals surface area contributed by atoms with Crippen LogP contribution in [0.15, 0.2) is 46.8 Å². The Labute approximate surface area is 191 Å². The molecule has 1 saturated carbocycles. The summed E-state index contributed by atoms with van der Waals surface area (Å²) < 4.78 is 6.85. The van der Waals surface area contributed by atoms with E-state index in [9.17, 15) is 9.59 Å². The number of carbonyl (C=O) groups is 2. The first-order valence-electron chi connectivity index (χ1n) is 10.9. The summed E-state index contributed by atoms with van der Waals surface area (Å²) in [6.45, 7) is 1.99. The summed E-state index contributed by atoms with van der Waals surface area (Å²) in [6.07, 6.45) is 5.74. The lowest BCUT2D eigenvalue weighted by Crippen LogP contribution is -2.46. The average molecular weight is 457 g/mol. The monoisotopic (exact) mass is 456 g/mol. The minimum absolute atomic E-state index is 0.236. The molecular weight excluding hydrogens is 428 g/mol. The molecule has 9 nitrogen and oxygen atoms in total. The second kappa shape index (κ2) is 10.1. The van der Waals surface area contributed by atoms with E-state index in [1.54, 1.807) is 11.6 Å². The third-order valence-corrected chi connectivity index (χ3v) is 6.76. The molecule has 1 aromatic carbocycles. The quantitative estimate of drug-likeness (QED) is 0.332. The van der Waals surface area contributed by atoms with Crippen LogP contribution in [-0.4, -0.2) is 39.2 Å². The van der Waals surface area contributed by atoms with Crippen LogP contribution in [0.1, 0.15) is 62.4 Å². The average Bonchev–Trinajstić information content (AvgIpc) is 3.18. The minimum Gasteiger partial charge on any atom is -0.463 e. The highest BCUT2D eigenvalue weighted by Gasteiger charge is 2.34. The highest BCUT2D eigenvalue weighted by molar-refractivity contribution is 7.99. The van der Waals surface area contributed by atoms with E-state index in [4.69, 9.17) is 10.6 Å². The van der Waals surface area contributed by atoms with Gasteiger partial charge in [0.15, 0.2) is 5.82 Å². The van der Waals surface area contributed by atoms with Gasteiger partial charge in [-0.25, -0.2) is 14.3 Å². The van der Waals surface area contributed by atoms with E-state index in [1.807, 2.05) is 30.3 Å². The number of carbonyl (C=O) groups excluding carboxylic acids is 2. The molecule has 2 aromatic rings. The first-order chi connectivity index (χ1) is 15.6.